The third kappa shape index (κ3) is 6.42. The zero-order valence-corrected chi connectivity index (χ0v) is 23.5. The van der Waals surface area contributed by atoms with Gasteiger partial charge in [-0.1, -0.05) is 17.7 Å². The lowest BCUT2D eigenvalue weighted by Gasteiger charge is -2.21. The van der Waals surface area contributed by atoms with Crippen LogP contribution >= 0.6 is 11.6 Å². The summed E-state index contributed by atoms with van der Waals surface area (Å²) in [6.07, 6.45) is -0.140. The lowest BCUT2D eigenvalue weighted by Crippen LogP contribution is -2.31. The van der Waals surface area contributed by atoms with E-state index < -0.39 is 29.6 Å². The average Bonchev–Trinajstić information content (AvgIpc) is 3.49. The molecule has 10 nitrogen and oxygen atoms in total. The van der Waals surface area contributed by atoms with E-state index in [2.05, 4.69) is 20.2 Å². The zero-order valence-electron chi connectivity index (χ0n) is 22.8. The van der Waals surface area contributed by atoms with E-state index in [0.29, 0.717) is 16.6 Å². The van der Waals surface area contributed by atoms with Gasteiger partial charge in [-0.25, -0.2) is 0 Å². The molecule has 0 aliphatic carbocycles. The maximum Gasteiger partial charge on any atom is 0.470 e. The third-order valence-electron chi connectivity index (χ3n) is 6.65. The van der Waals surface area contributed by atoms with Gasteiger partial charge in [0, 0.05) is 54.7 Å². The van der Waals surface area contributed by atoms with Crippen LogP contribution in [0.15, 0.2) is 70.3 Å². The summed E-state index contributed by atoms with van der Waals surface area (Å²) < 4.78 is 56.3. The first-order valence-electron chi connectivity index (χ1n) is 12.8. The molecule has 2 aromatic carbocycles. The number of carbonyl (C=O) groups excluding carboxylic acids is 1. The lowest BCUT2D eigenvalue weighted by atomic mass is 9.98. The van der Waals surface area contributed by atoms with E-state index >= 15 is 0 Å². The lowest BCUT2D eigenvalue weighted by molar-refractivity contribution is -0.157. The van der Waals surface area contributed by atoms with Crippen molar-refractivity contribution in [1.82, 2.24) is 24.7 Å². The fourth-order valence-corrected chi connectivity index (χ4v) is 4.81. The molecular weight excluding hydrogens is 591 g/mol. The Kier molecular flexibility index (Phi) is 8.55. The fourth-order valence-electron chi connectivity index (χ4n) is 4.64. The molecule has 0 spiro atoms. The second-order valence-electron chi connectivity index (χ2n) is 9.42. The molecule has 0 bridgehead atoms. The summed E-state index contributed by atoms with van der Waals surface area (Å²) >= 11 is 6.22. The highest BCUT2D eigenvalue weighted by Gasteiger charge is 2.38. The minimum absolute atomic E-state index is 0.00848. The summed E-state index contributed by atoms with van der Waals surface area (Å²) in [7, 11) is 2.84. The van der Waals surface area contributed by atoms with Gasteiger partial charge in [-0.15, -0.1) is 10.2 Å². The Morgan fingerprint density at radius 3 is 2.47 bits per heavy atom. The number of methoxy groups -OCH3 is 2. The Hall–Kier alpha value is -4.62. The third-order valence-corrected chi connectivity index (χ3v) is 6.88. The fraction of sp³-hybridized carbons (Fsp3) is 0.241. The summed E-state index contributed by atoms with van der Waals surface area (Å²) in [5.74, 6) is -2.07. The van der Waals surface area contributed by atoms with Crippen molar-refractivity contribution >= 4 is 28.4 Å². The number of hydrogen-bond acceptors (Lipinski definition) is 9. The van der Waals surface area contributed by atoms with Crippen LogP contribution in [0.4, 0.5) is 13.2 Å². The molecule has 1 unspecified atom stereocenters. The molecule has 0 aliphatic rings. The van der Waals surface area contributed by atoms with Crippen LogP contribution in [0.3, 0.4) is 0 Å². The molecule has 43 heavy (non-hydrogen) atoms. The highest BCUT2D eigenvalue weighted by molar-refractivity contribution is 6.31. The van der Waals surface area contributed by atoms with E-state index in [1.54, 1.807) is 30.6 Å². The van der Waals surface area contributed by atoms with Crippen LogP contribution in [0.25, 0.3) is 33.6 Å². The molecule has 0 saturated heterocycles. The molecule has 1 atom stereocenters. The predicted octanol–water partition coefficient (Wildman–Crippen LogP) is 5.58. The van der Waals surface area contributed by atoms with Crippen LogP contribution in [-0.4, -0.2) is 51.3 Å². The van der Waals surface area contributed by atoms with Gasteiger partial charge < -0.3 is 18.5 Å². The quantitative estimate of drug-likeness (QED) is 0.199. The number of rotatable bonds is 10. The molecule has 0 fully saturated rings. The van der Waals surface area contributed by atoms with Crippen LogP contribution in [0.1, 0.15) is 23.9 Å². The number of fused-ring (bicyclic) bond motifs is 1. The Morgan fingerprint density at radius 2 is 1.77 bits per heavy atom. The number of ketones is 1. The van der Waals surface area contributed by atoms with Gasteiger partial charge >= 0.3 is 12.1 Å². The van der Waals surface area contributed by atoms with Crippen LogP contribution in [0.2, 0.25) is 5.02 Å². The summed E-state index contributed by atoms with van der Waals surface area (Å²) in [4.78, 5) is 35.7. The molecule has 5 rings (SSSR count). The first kappa shape index (κ1) is 29.9. The Labute approximate surface area is 247 Å². The number of pyridine rings is 1. The monoisotopic (exact) mass is 613 g/mol. The van der Waals surface area contributed by atoms with Crippen molar-refractivity contribution in [1.29, 1.82) is 0 Å². The molecule has 0 saturated carbocycles. The minimum Gasteiger partial charge on any atom is -0.495 e. The number of benzene rings is 2. The number of halogens is 4. The van der Waals surface area contributed by atoms with Gasteiger partial charge in [0.1, 0.15) is 5.75 Å². The van der Waals surface area contributed by atoms with Crippen molar-refractivity contribution in [3.63, 3.8) is 0 Å². The topological polar surface area (TPSA) is 122 Å². The molecule has 222 valence electrons. The largest absolute Gasteiger partial charge is 0.495 e. The van der Waals surface area contributed by atoms with Gasteiger partial charge in [-0.2, -0.15) is 13.2 Å². The minimum atomic E-state index is -4.85. The molecule has 14 heteroatoms. The predicted molar refractivity (Wildman–Crippen MR) is 150 cm³/mol. The highest BCUT2D eigenvalue weighted by Crippen LogP contribution is 2.39. The van der Waals surface area contributed by atoms with Crippen molar-refractivity contribution in [2.45, 2.75) is 25.1 Å². The van der Waals surface area contributed by atoms with Gasteiger partial charge in [0.25, 0.3) is 5.56 Å². The van der Waals surface area contributed by atoms with Crippen LogP contribution in [-0.2, 0) is 22.1 Å². The van der Waals surface area contributed by atoms with Crippen molar-refractivity contribution in [3.05, 3.63) is 87.9 Å². The summed E-state index contributed by atoms with van der Waals surface area (Å²) in [6.45, 7) is 0.188. The Morgan fingerprint density at radius 1 is 1.00 bits per heavy atom. The number of hydrogen-bond donors (Lipinski definition) is 0. The maximum atomic E-state index is 13.6. The smallest absolute Gasteiger partial charge is 0.470 e. The van der Waals surface area contributed by atoms with E-state index in [9.17, 15) is 22.8 Å². The van der Waals surface area contributed by atoms with Gasteiger partial charge in [-0.3, -0.25) is 19.6 Å². The molecule has 3 aromatic heterocycles. The van der Waals surface area contributed by atoms with Gasteiger partial charge in [0.2, 0.25) is 5.89 Å². The van der Waals surface area contributed by atoms with Crippen molar-refractivity contribution in [2.24, 2.45) is 0 Å². The van der Waals surface area contributed by atoms with E-state index in [1.165, 1.54) is 49.2 Å². The first-order valence-corrected chi connectivity index (χ1v) is 13.2. The number of carbonyl (C=O) groups is 1. The molecule has 0 radical (unpaired) electrons. The maximum absolute atomic E-state index is 13.6. The van der Waals surface area contributed by atoms with Crippen LogP contribution in [0.5, 0.6) is 5.75 Å². The van der Waals surface area contributed by atoms with Gasteiger partial charge in [-0.05, 0) is 47.9 Å². The molecule has 3 heterocycles. The first-order chi connectivity index (χ1) is 20.6. The highest BCUT2D eigenvalue weighted by atomic mass is 35.5. The van der Waals surface area contributed by atoms with E-state index in [-0.39, 0.29) is 52.7 Å². The van der Waals surface area contributed by atoms with E-state index in [4.69, 9.17) is 25.5 Å². The number of nitrogens with zero attached hydrogens (tertiary/aromatic N) is 5. The number of aromatic nitrogens is 5. The van der Waals surface area contributed by atoms with E-state index in [0.717, 1.165) is 0 Å². The van der Waals surface area contributed by atoms with E-state index in [1.807, 2.05) is 0 Å². The summed E-state index contributed by atoms with van der Waals surface area (Å²) in [5, 5.41) is 6.86. The van der Waals surface area contributed by atoms with Crippen LogP contribution in [0, 0.1) is 0 Å². The molecule has 0 N–H and O–H groups in total. The Balaban J connectivity index is 1.55. The zero-order chi connectivity index (χ0) is 30.7. The SMILES string of the molecule is COCCC(C(=O)Cc1ccc2nccnc2c1)n1cc(OC)c(-c2cc(Cl)ccc2-c2nnc(C(F)(F)F)o2)cc1=O. The number of Topliss-reactive ketones (excluding diaryl/α,β-unsaturated/α-hetero) is 1. The van der Waals surface area contributed by atoms with Crippen molar-refractivity contribution in [2.75, 3.05) is 20.8 Å². The molecular formula is C29H23ClF3N5O5. The van der Waals surface area contributed by atoms with Crippen molar-refractivity contribution < 1.29 is 31.9 Å². The van der Waals surface area contributed by atoms with Crippen molar-refractivity contribution in [3.8, 4) is 28.3 Å². The second kappa shape index (κ2) is 12.3. The van der Waals surface area contributed by atoms with Crippen LogP contribution < -0.4 is 10.3 Å². The summed E-state index contributed by atoms with van der Waals surface area (Å²) in [6, 6.07) is 9.87. The molecule has 0 aliphatic heterocycles. The summed E-state index contributed by atoms with van der Waals surface area (Å²) in [5.41, 5.74) is 1.93. The van der Waals surface area contributed by atoms with Gasteiger partial charge in [0.15, 0.2) is 5.78 Å². The average molecular weight is 614 g/mol. The van der Waals surface area contributed by atoms with Gasteiger partial charge in [0.05, 0.1) is 30.4 Å². The number of ether oxygens (including phenoxy) is 2. The standard InChI is InChI=1S/C29H23ClF3N5O5/c1-41-10-7-23(24(39)12-16-3-6-21-22(11-16)35-9-8-34-21)38-15-25(42-2)20(14-26(38)40)19-13-17(30)4-5-18(19)27-36-37-28(43-27)29(31,32)33/h3-6,8-9,11,13-15,23H,7,10,12H2,1-2H3. The number of alkyl halides is 3. The Bertz CT molecular complexity index is 1860. The second-order valence-corrected chi connectivity index (χ2v) is 9.86. The normalized spacial score (nSPS) is 12.4. The molecule has 0 amide bonds. The molecule has 5 aromatic rings.